The van der Waals surface area contributed by atoms with Gasteiger partial charge >= 0.3 is 0 Å². The SMILES string of the molecule is O=C1CC2(CCNCC2)ON1CCO. The molecular formula is C9H16N2O3. The first-order valence-electron chi connectivity index (χ1n) is 5.07. The van der Waals surface area contributed by atoms with E-state index in [9.17, 15) is 4.79 Å². The highest BCUT2D eigenvalue weighted by Gasteiger charge is 2.45. The van der Waals surface area contributed by atoms with Gasteiger partial charge in [-0.1, -0.05) is 0 Å². The van der Waals surface area contributed by atoms with E-state index in [2.05, 4.69) is 5.32 Å². The molecule has 0 bridgehead atoms. The predicted molar refractivity (Wildman–Crippen MR) is 49.3 cm³/mol. The first-order valence-corrected chi connectivity index (χ1v) is 5.07. The molecule has 2 heterocycles. The fourth-order valence-electron chi connectivity index (χ4n) is 2.09. The molecule has 0 unspecified atom stereocenters. The molecule has 0 aromatic carbocycles. The van der Waals surface area contributed by atoms with Crippen LogP contribution in [0.15, 0.2) is 0 Å². The summed E-state index contributed by atoms with van der Waals surface area (Å²) >= 11 is 0. The zero-order valence-electron chi connectivity index (χ0n) is 8.16. The van der Waals surface area contributed by atoms with Crippen molar-refractivity contribution < 1.29 is 14.7 Å². The highest BCUT2D eigenvalue weighted by Crippen LogP contribution is 2.34. The van der Waals surface area contributed by atoms with Crippen LogP contribution in [0.2, 0.25) is 0 Å². The lowest BCUT2D eigenvalue weighted by Crippen LogP contribution is -2.42. The van der Waals surface area contributed by atoms with Crippen LogP contribution in [0.4, 0.5) is 0 Å². The molecule has 5 heteroatoms. The van der Waals surface area contributed by atoms with Crippen molar-refractivity contribution in [3.63, 3.8) is 0 Å². The first kappa shape index (κ1) is 9.89. The van der Waals surface area contributed by atoms with E-state index >= 15 is 0 Å². The summed E-state index contributed by atoms with van der Waals surface area (Å²) in [4.78, 5) is 17.1. The van der Waals surface area contributed by atoms with Crippen molar-refractivity contribution in [1.82, 2.24) is 10.4 Å². The molecule has 80 valence electrons. The van der Waals surface area contributed by atoms with E-state index in [0.717, 1.165) is 25.9 Å². The smallest absolute Gasteiger partial charge is 0.249 e. The van der Waals surface area contributed by atoms with Crippen LogP contribution in [0.3, 0.4) is 0 Å². The van der Waals surface area contributed by atoms with E-state index in [1.165, 1.54) is 5.06 Å². The number of amides is 1. The topological polar surface area (TPSA) is 61.8 Å². The number of carbonyl (C=O) groups excluding carboxylic acids is 1. The molecule has 2 N–H and O–H groups in total. The van der Waals surface area contributed by atoms with E-state index in [1.54, 1.807) is 0 Å². The molecule has 5 nitrogen and oxygen atoms in total. The summed E-state index contributed by atoms with van der Waals surface area (Å²) in [6, 6.07) is 0. The van der Waals surface area contributed by atoms with Crippen molar-refractivity contribution in [2.24, 2.45) is 0 Å². The average molecular weight is 200 g/mol. The molecule has 2 fully saturated rings. The summed E-state index contributed by atoms with van der Waals surface area (Å²) in [5.41, 5.74) is -0.280. The van der Waals surface area contributed by atoms with Gasteiger partial charge in [-0.25, -0.2) is 5.06 Å². The second kappa shape index (κ2) is 3.84. The number of hydrogen-bond acceptors (Lipinski definition) is 4. The summed E-state index contributed by atoms with van der Waals surface area (Å²) in [7, 11) is 0. The lowest BCUT2D eigenvalue weighted by Gasteiger charge is -2.31. The van der Waals surface area contributed by atoms with Crippen LogP contribution >= 0.6 is 0 Å². The lowest BCUT2D eigenvalue weighted by molar-refractivity contribution is -0.207. The molecule has 0 atom stereocenters. The van der Waals surface area contributed by atoms with E-state index in [4.69, 9.17) is 9.94 Å². The highest BCUT2D eigenvalue weighted by atomic mass is 16.7. The first-order chi connectivity index (χ1) is 6.76. The normalized spacial score (nSPS) is 26.1. The van der Waals surface area contributed by atoms with Gasteiger partial charge in [0.2, 0.25) is 5.91 Å². The van der Waals surface area contributed by atoms with Crippen molar-refractivity contribution >= 4 is 5.91 Å². The number of aliphatic hydroxyl groups is 1. The van der Waals surface area contributed by atoms with Crippen molar-refractivity contribution in [2.45, 2.75) is 24.9 Å². The van der Waals surface area contributed by atoms with E-state index in [-0.39, 0.29) is 24.7 Å². The van der Waals surface area contributed by atoms with Crippen molar-refractivity contribution in [3.8, 4) is 0 Å². The van der Waals surface area contributed by atoms with Gasteiger partial charge in [-0.3, -0.25) is 9.63 Å². The van der Waals surface area contributed by atoms with E-state index in [1.807, 2.05) is 0 Å². The minimum absolute atomic E-state index is 0.000880. The Balaban J connectivity index is 1.99. The number of carbonyl (C=O) groups is 1. The fraction of sp³-hybridized carbons (Fsp3) is 0.889. The largest absolute Gasteiger partial charge is 0.394 e. The maximum atomic E-state index is 11.5. The number of β-amino-alcohol motifs (C(OH)–C–C–N with tert-alkyl or cyclic N) is 1. The monoisotopic (exact) mass is 200 g/mol. The van der Waals surface area contributed by atoms with Crippen LogP contribution in [-0.4, -0.2) is 47.9 Å². The summed E-state index contributed by atoms with van der Waals surface area (Å²) in [6.45, 7) is 2.05. The average Bonchev–Trinajstić information content (AvgIpc) is 2.45. The summed E-state index contributed by atoms with van der Waals surface area (Å²) in [5, 5.41) is 13.3. The minimum Gasteiger partial charge on any atom is -0.394 e. The van der Waals surface area contributed by atoms with Gasteiger partial charge in [-0.05, 0) is 25.9 Å². The highest BCUT2D eigenvalue weighted by molar-refractivity contribution is 5.78. The van der Waals surface area contributed by atoms with Gasteiger partial charge in [-0.2, -0.15) is 0 Å². The van der Waals surface area contributed by atoms with Crippen LogP contribution in [0, 0.1) is 0 Å². The third-order valence-electron chi connectivity index (χ3n) is 2.87. The van der Waals surface area contributed by atoms with Gasteiger partial charge in [0.25, 0.3) is 0 Å². The third kappa shape index (κ3) is 1.75. The summed E-state index contributed by atoms with van der Waals surface area (Å²) in [5.74, 6) is 0.000880. The van der Waals surface area contributed by atoms with Crippen LogP contribution in [-0.2, 0) is 9.63 Å². The number of rotatable bonds is 2. The number of hydroxylamine groups is 2. The molecule has 2 saturated heterocycles. The molecule has 2 aliphatic rings. The molecule has 0 aromatic heterocycles. The van der Waals surface area contributed by atoms with Gasteiger partial charge in [-0.15, -0.1) is 0 Å². The Labute approximate surface area is 83.0 Å². The maximum absolute atomic E-state index is 11.5. The molecule has 0 radical (unpaired) electrons. The van der Waals surface area contributed by atoms with E-state index in [0.29, 0.717) is 6.42 Å². The van der Waals surface area contributed by atoms with Gasteiger partial charge in [0, 0.05) is 0 Å². The molecule has 0 aromatic rings. The number of nitrogens with zero attached hydrogens (tertiary/aromatic N) is 1. The maximum Gasteiger partial charge on any atom is 0.249 e. The molecular weight excluding hydrogens is 184 g/mol. The van der Waals surface area contributed by atoms with Gasteiger partial charge in [0.15, 0.2) is 0 Å². The van der Waals surface area contributed by atoms with Gasteiger partial charge < -0.3 is 10.4 Å². The van der Waals surface area contributed by atoms with E-state index < -0.39 is 0 Å². The molecule has 1 amide bonds. The molecule has 0 saturated carbocycles. The van der Waals surface area contributed by atoms with Crippen molar-refractivity contribution in [3.05, 3.63) is 0 Å². The number of piperidine rings is 1. The predicted octanol–water partition coefficient (Wildman–Crippen LogP) is -0.735. The number of aliphatic hydroxyl groups excluding tert-OH is 1. The van der Waals surface area contributed by atoms with Gasteiger partial charge in [0.1, 0.15) is 5.60 Å². The summed E-state index contributed by atoms with van der Waals surface area (Å²) in [6.07, 6.45) is 2.22. The van der Waals surface area contributed by atoms with Crippen molar-refractivity contribution in [1.29, 1.82) is 0 Å². The lowest BCUT2D eigenvalue weighted by atomic mass is 9.90. The van der Waals surface area contributed by atoms with Crippen molar-refractivity contribution in [2.75, 3.05) is 26.2 Å². The van der Waals surface area contributed by atoms with Gasteiger partial charge in [0.05, 0.1) is 19.6 Å². The summed E-state index contributed by atoms with van der Waals surface area (Å²) < 4.78 is 0. The Morgan fingerprint density at radius 2 is 2.21 bits per heavy atom. The van der Waals surface area contributed by atoms with Crippen LogP contribution in [0.1, 0.15) is 19.3 Å². The van der Waals surface area contributed by atoms with Crippen LogP contribution in [0.25, 0.3) is 0 Å². The Kier molecular flexibility index (Phi) is 2.71. The Morgan fingerprint density at radius 1 is 1.50 bits per heavy atom. The van der Waals surface area contributed by atoms with Crippen LogP contribution < -0.4 is 5.32 Å². The molecule has 14 heavy (non-hydrogen) atoms. The van der Waals surface area contributed by atoms with Crippen LogP contribution in [0.5, 0.6) is 0 Å². The Hall–Kier alpha value is -0.650. The Morgan fingerprint density at radius 3 is 2.86 bits per heavy atom. The minimum atomic E-state index is -0.280. The fourth-order valence-corrected chi connectivity index (χ4v) is 2.09. The second-order valence-corrected chi connectivity index (χ2v) is 3.92. The quantitative estimate of drug-likeness (QED) is 0.616. The molecule has 0 aliphatic carbocycles. The second-order valence-electron chi connectivity index (χ2n) is 3.92. The Bertz CT molecular complexity index is 226. The number of nitrogens with one attached hydrogen (secondary N) is 1. The third-order valence-corrected chi connectivity index (χ3v) is 2.87. The zero-order chi connectivity index (χ0) is 10.0. The molecule has 2 aliphatic heterocycles. The zero-order valence-corrected chi connectivity index (χ0v) is 8.16. The standard InChI is InChI=1S/C9H16N2O3/c12-6-5-11-8(13)7-9(14-11)1-3-10-4-2-9/h10,12H,1-7H2. The number of hydrogen-bond donors (Lipinski definition) is 2. The molecule has 2 rings (SSSR count). The molecule has 1 spiro atoms.